The van der Waals surface area contributed by atoms with Crippen LogP contribution in [0.1, 0.15) is 61.9 Å². The molecule has 0 fully saturated rings. The molecule has 0 aliphatic heterocycles. The maximum absolute atomic E-state index is 11.7. The normalized spacial score (nSPS) is 12.6. The number of Topliss-reactive ketones (excluding diaryl/α,β-unsaturated/α-hetero) is 3. The van der Waals surface area contributed by atoms with Crippen LogP contribution >= 0.6 is 38.6 Å². The van der Waals surface area contributed by atoms with Crippen LogP contribution in [-0.2, 0) is 9.59 Å². The van der Waals surface area contributed by atoms with Crippen LogP contribution < -0.4 is 0 Å². The van der Waals surface area contributed by atoms with Crippen LogP contribution in [-0.4, -0.2) is 22.2 Å². The van der Waals surface area contributed by atoms with E-state index in [1.165, 1.54) is 6.92 Å². The Morgan fingerprint density at radius 1 is 1.04 bits per heavy atom. The quantitative estimate of drug-likeness (QED) is 0.290. The van der Waals surface area contributed by atoms with E-state index in [0.717, 1.165) is 24.0 Å². The lowest BCUT2D eigenvalue weighted by Gasteiger charge is -2.10. The molecule has 0 bridgehead atoms. The molecule has 0 radical (unpaired) electrons. The van der Waals surface area contributed by atoms with Crippen molar-refractivity contribution in [3.05, 3.63) is 44.8 Å². The van der Waals surface area contributed by atoms with E-state index in [-0.39, 0.29) is 34.5 Å². The number of ketones is 3. The predicted octanol–water partition coefficient (Wildman–Crippen LogP) is 5.89. The lowest BCUT2D eigenvalue weighted by atomic mass is 9.92. The highest BCUT2D eigenvalue weighted by Crippen LogP contribution is 2.24. The van der Waals surface area contributed by atoms with Crippen molar-refractivity contribution >= 4 is 56.0 Å². The van der Waals surface area contributed by atoms with Gasteiger partial charge in [0.25, 0.3) is 0 Å². The molecule has 3 nitrogen and oxygen atoms in total. The summed E-state index contributed by atoms with van der Waals surface area (Å²) in [5, 5.41) is 7.74. The molecule has 0 aromatic carbocycles. The van der Waals surface area contributed by atoms with Gasteiger partial charge in [0, 0.05) is 16.9 Å². The third-order valence-corrected chi connectivity index (χ3v) is 6.06. The van der Waals surface area contributed by atoms with E-state index in [4.69, 9.17) is 0 Å². The van der Waals surface area contributed by atoms with Gasteiger partial charge in [-0.2, -0.15) is 22.7 Å². The number of carbonyl (C=O) groups excluding carboxylic acids is 3. The number of alkyl halides is 1. The monoisotopic (exact) mass is 442 g/mol. The Morgan fingerprint density at radius 2 is 1.68 bits per heavy atom. The van der Waals surface area contributed by atoms with Crippen molar-refractivity contribution in [2.24, 2.45) is 0 Å². The Balaban J connectivity index is 0.000000257. The van der Waals surface area contributed by atoms with Crippen molar-refractivity contribution in [1.29, 1.82) is 0 Å². The smallest absolute Gasteiger partial charge is 0.177 e. The van der Waals surface area contributed by atoms with Crippen LogP contribution in [0.3, 0.4) is 0 Å². The molecule has 2 heterocycles. The molecule has 0 aliphatic carbocycles. The summed E-state index contributed by atoms with van der Waals surface area (Å²) in [5.74, 6) is 0.0842. The number of halogens is 1. The van der Waals surface area contributed by atoms with Gasteiger partial charge in [-0.1, -0.05) is 29.8 Å². The second-order valence-electron chi connectivity index (χ2n) is 5.61. The van der Waals surface area contributed by atoms with Crippen LogP contribution in [0.4, 0.5) is 0 Å². The average molecular weight is 443 g/mol. The summed E-state index contributed by atoms with van der Waals surface area (Å²) in [6.07, 6.45) is 1.67. The lowest BCUT2D eigenvalue weighted by molar-refractivity contribution is -0.126. The molecule has 25 heavy (non-hydrogen) atoms. The Labute approximate surface area is 165 Å². The van der Waals surface area contributed by atoms with Gasteiger partial charge in [-0.15, -0.1) is 0 Å². The zero-order valence-corrected chi connectivity index (χ0v) is 17.9. The molecule has 2 unspecified atom stereocenters. The summed E-state index contributed by atoms with van der Waals surface area (Å²) in [4.78, 5) is 33.9. The molecule has 2 aromatic rings. The fraction of sp³-hybridized carbons (Fsp3) is 0.421. The first-order valence-corrected chi connectivity index (χ1v) is 10.9. The van der Waals surface area contributed by atoms with E-state index in [0.29, 0.717) is 0 Å². The van der Waals surface area contributed by atoms with Crippen LogP contribution in [0.25, 0.3) is 0 Å². The maximum Gasteiger partial charge on any atom is 0.177 e. The fourth-order valence-corrected chi connectivity index (χ4v) is 3.89. The van der Waals surface area contributed by atoms with E-state index in [1.54, 1.807) is 22.7 Å². The molecule has 0 saturated carbocycles. The lowest BCUT2D eigenvalue weighted by Crippen LogP contribution is -2.14. The van der Waals surface area contributed by atoms with Gasteiger partial charge in [-0.05, 0) is 53.6 Å². The third-order valence-electron chi connectivity index (χ3n) is 3.61. The van der Waals surface area contributed by atoms with Crippen molar-refractivity contribution in [1.82, 2.24) is 0 Å². The number of rotatable bonds is 8. The molecule has 2 aromatic heterocycles. The van der Waals surface area contributed by atoms with Gasteiger partial charge in [0.2, 0.25) is 0 Å². The van der Waals surface area contributed by atoms with Crippen molar-refractivity contribution < 1.29 is 14.4 Å². The first-order valence-electron chi connectivity index (χ1n) is 8.15. The molecule has 2 rings (SSSR count). The Bertz CT molecular complexity index is 663. The average Bonchev–Trinajstić information content (AvgIpc) is 3.27. The topological polar surface area (TPSA) is 51.2 Å². The standard InChI is InChI=1S/C11H14O2S.C8H9BrOS/c1-3-10(9-4-5-14-7-9)11(13)6-8(2)12;1-2-7(9)8(10)6-3-4-11-5-6/h4-5,7,10H,3,6H2,1-2H3;3-5,7H,2H2,1H3. The molecule has 0 spiro atoms. The second kappa shape index (κ2) is 11.5. The summed E-state index contributed by atoms with van der Waals surface area (Å²) in [7, 11) is 0. The number of carbonyl (C=O) groups is 3. The molecule has 6 heteroatoms. The molecular formula is C19H23BrO3S2. The van der Waals surface area contributed by atoms with Crippen molar-refractivity contribution in [3.8, 4) is 0 Å². The van der Waals surface area contributed by atoms with E-state index < -0.39 is 0 Å². The highest BCUT2D eigenvalue weighted by molar-refractivity contribution is 9.10. The van der Waals surface area contributed by atoms with Crippen molar-refractivity contribution in [3.63, 3.8) is 0 Å². The van der Waals surface area contributed by atoms with Crippen LogP contribution in [0.5, 0.6) is 0 Å². The molecule has 0 N–H and O–H groups in total. The zero-order valence-electron chi connectivity index (χ0n) is 14.7. The summed E-state index contributed by atoms with van der Waals surface area (Å²) in [5.41, 5.74) is 1.86. The van der Waals surface area contributed by atoms with Gasteiger partial charge in [0.15, 0.2) is 5.78 Å². The highest BCUT2D eigenvalue weighted by Gasteiger charge is 2.19. The van der Waals surface area contributed by atoms with Gasteiger partial charge >= 0.3 is 0 Å². The van der Waals surface area contributed by atoms with Gasteiger partial charge in [0.05, 0.1) is 11.2 Å². The minimum absolute atomic E-state index is 0.0166. The van der Waals surface area contributed by atoms with Crippen LogP contribution in [0.15, 0.2) is 33.7 Å². The van der Waals surface area contributed by atoms with Crippen molar-refractivity contribution in [2.75, 3.05) is 0 Å². The summed E-state index contributed by atoms with van der Waals surface area (Å²) < 4.78 is 0. The fourth-order valence-electron chi connectivity index (χ4n) is 2.26. The summed E-state index contributed by atoms with van der Waals surface area (Å²) >= 11 is 6.46. The summed E-state index contributed by atoms with van der Waals surface area (Å²) in [6.45, 7) is 5.42. The SMILES string of the molecule is CCC(Br)C(=O)c1ccsc1.CCC(C(=O)CC(C)=O)c1ccsc1. The number of hydrogen-bond acceptors (Lipinski definition) is 5. The minimum atomic E-state index is -0.0925. The van der Waals surface area contributed by atoms with Crippen molar-refractivity contribution in [2.45, 2.75) is 50.8 Å². The highest BCUT2D eigenvalue weighted by atomic mass is 79.9. The molecule has 0 saturated heterocycles. The van der Waals surface area contributed by atoms with E-state index in [9.17, 15) is 14.4 Å². The van der Waals surface area contributed by atoms with Crippen LogP contribution in [0.2, 0.25) is 0 Å². The molecule has 136 valence electrons. The third kappa shape index (κ3) is 7.34. The van der Waals surface area contributed by atoms with E-state index >= 15 is 0 Å². The number of hydrogen-bond donors (Lipinski definition) is 0. The van der Waals surface area contributed by atoms with Gasteiger partial charge in [0.1, 0.15) is 11.6 Å². The molecule has 2 atom stereocenters. The van der Waals surface area contributed by atoms with Gasteiger partial charge in [-0.25, -0.2) is 0 Å². The largest absolute Gasteiger partial charge is 0.300 e. The second-order valence-corrected chi connectivity index (χ2v) is 8.28. The van der Waals surface area contributed by atoms with Gasteiger partial charge in [-0.3, -0.25) is 14.4 Å². The molecular weight excluding hydrogens is 420 g/mol. The Morgan fingerprint density at radius 3 is 2.12 bits per heavy atom. The Hall–Kier alpha value is -1.11. The van der Waals surface area contributed by atoms with E-state index in [2.05, 4.69) is 15.9 Å². The molecule has 0 aliphatic rings. The molecule has 0 amide bonds. The number of thiophene rings is 2. The van der Waals surface area contributed by atoms with Gasteiger partial charge < -0.3 is 0 Å². The first-order chi connectivity index (χ1) is 11.9. The summed E-state index contributed by atoms with van der Waals surface area (Å²) in [6, 6.07) is 3.81. The predicted molar refractivity (Wildman–Crippen MR) is 109 cm³/mol. The zero-order chi connectivity index (χ0) is 18.8. The van der Waals surface area contributed by atoms with E-state index in [1.807, 2.05) is 47.5 Å². The maximum atomic E-state index is 11.7. The first kappa shape index (κ1) is 21.9. The Kier molecular flexibility index (Phi) is 10.1. The minimum Gasteiger partial charge on any atom is -0.300 e. The van der Waals surface area contributed by atoms with Crippen LogP contribution in [0, 0.1) is 0 Å².